The molecule has 2 aromatic rings. The van der Waals surface area contributed by atoms with Gasteiger partial charge in [0.25, 0.3) is 10.0 Å². The molecule has 0 bridgehead atoms. The van der Waals surface area contributed by atoms with Gasteiger partial charge < -0.3 is 14.2 Å². The van der Waals surface area contributed by atoms with Gasteiger partial charge in [-0.15, -0.1) is 0 Å². The molecule has 0 fully saturated rings. The Morgan fingerprint density at radius 3 is 2.08 bits per heavy atom. The fraction of sp³-hybridized carbons (Fsp3) is 0.278. The van der Waals surface area contributed by atoms with Crippen molar-refractivity contribution in [2.75, 3.05) is 21.3 Å². The Morgan fingerprint density at radius 1 is 0.885 bits per heavy atom. The van der Waals surface area contributed by atoms with Crippen LogP contribution >= 0.6 is 0 Å². The smallest absolute Gasteiger partial charge is 0.276 e. The van der Waals surface area contributed by atoms with Crippen LogP contribution in [0.15, 0.2) is 40.3 Å². The summed E-state index contributed by atoms with van der Waals surface area (Å²) in [6, 6.07) is 8.18. The highest BCUT2D eigenvalue weighted by Gasteiger charge is 2.14. The Bertz CT molecular complexity index is 923. The molecule has 0 radical (unpaired) electrons. The van der Waals surface area contributed by atoms with Crippen LogP contribution in [0.4, 0.5) is 0 Å². The van der Waals surface area contributed by atoms with Gasteiger partial charge in [-0.25, -0.2) is 4.83 Å². The number of aryl methyl sites for hydroxylation is 2. The van der Waals surface area contributed by atoms with Gasteiger partial charge in [-0.3, -0.25) is 0 Å². The molecule has 0 aliphatic rings. The van der Waals surface area contributed by atoms with E-state index in [9.17, 15) is 8.42 Å². The van der Waals surface area contributed by atoms with Gasteiger partial charge in [0.05, 0.1) is 32.4 Å². The van der Waals surface area contributed by atoms with E-state index in [1.807, 2.05) is 13.8 Å². The summed E-state index contributed by atoms with van der Waals surface area (Å²) < 4.78 is 40.5. The SMILES string of the molecule is COc1cc(OC)c(OC)cc1/C=N/NS(=O)(=O)c1ccc(C)c(C)c1. The summed E-state index contributed by atoms with van der Waals surface area (Å²) in [7, 11) is 0.760. The number of nitrogens with one attached hydrogen (secondary N) is 1. The summed E-state index contributed by atoms with van der Waals surface area (Å²) in [4.78, 5) is 2.35. The lowest BCUT2D eigenvalue weighted by molar-refractivity contribution is 0.349. The summed E-state index contributed by atoms with van der Waals surface area (Å²) in [5.41, 5.74) is 2.44. The Balaban J connectivity index is 2.28. The fourth-order valence-corrected chi connectivity index (χ4v) is 3.13. The first-order valence-electron chi connectivity index (χ1n) is 7.74. The van der Waals surface area contributed by atoms with Crippen LogP contribution in [0.25, 0.3) is 0 Å². The number of benzene rings is 2. The van der Waals surface area contributed by atoms with Gasteiger partial charge >= 0.3 is 0 Å². The highest BCUT2D eigenvalue weighted by atomic mass is 32.2. The van der Waals surface area contributed by atoms with E-state index in [2.05, 4.69) is 9.93 Å². The van der Waals surface area contributed by atoms with Crippen LogP contribution in [0, 0.1) is 13.8 Å². The van der Waals surface area contributed by atoms with Crippen LogP contribution in [0.1, 0.15) is 16.7 Å². The van der Waals surface area contributed by atoms with E-state index in [0.29, 0.717) is 22.8 Å². The molecule has 1 N–H and O–H groups in total. The summed E-state index contributed by atoms with van der Waals surface area (Å²) in [5.74, 6) is 1.45. The molecule has 0 heterocycles. The molecule has 0 amide bonds. The predicted octanol–water partition coefficient (Wildman–Crippen LogP) is 2.64. The summed E-state index contributed by atoms with van der Waals surface area (Å²) in [6.45, 7) is 3.77. The van der Waals surface area contributed by atoms with Crippen molar-refractivity contribution in [2.45, 2.75) is 18.7 Å². The van der Waals surface area contributed by atoms with Crippen LogP contribution < -0.4 is 19.0 Å². The Morgan fingerprint density at radius 2 is 1.50 bits per heavy atom. The molecule has 2 rings (SSSR count). The van der Waals surface area contributed by atoms with Crippen molar-refractivity contribution in [2.24, 2.45) is 5.10 Å². The van der Waals surface area contributed by atoms with E-state index >= 15 is 0 Å². The van der Waals surface area contributed by atoms with Crippen LogP contribution in [-0.4, -0.2) is 36.0 Å². The first-order valence-corrected chi connectivity index (χ1v) is 9.23. The first-order chi connectivity index (χ1) is 12.3. The molecule has 0 saturated heterocycles. The van der Waals surface area contributed by atoms with E-state index in [0.717, 1.165) is 11.1 Å². The lowest BCUT2D eigenvalue weighted by Crippen LogP contribution is -2.18. The van der Waals surface area contributed by atoms with Crippen LogP contribution in [-0.2, 0) is 10.0 Å². The second-order valence-corrected chi connectivity index (χ2v) is 7.21. The zero-order valence-electron chi connectivity index (χ0n) is 15.4. The molecule has 0 aromatic heterocycles. The number of nitrogens with zero attached hydrogens (tertiary/aromatic N) is 1. The average molecular weight is 378 g/mol. The second-order valence-electron chi connectivity index (χ2n) is 5.55. The largest absolute Gasteiger partial charge is 0.496 e. The molecule has 8 heteroatoms. The Labute approximate surface area is 153 Å². The quantitative estimate of drug-likeness (QED) is 0.591. The monoisotopic (exact) mass is 378 g/mol. The number of ether oxygens (including phenoxy) is 3. The van der Waals surface area contributed by atoms with Crippen molar-refractivity contribution in [3.05, 3.63) is 47.0 Å². The standard InChI is InChI=1S/C18H22N2O5S/c1-12-6-7-15(8-13(12)2)26(21,22)20-19-11-14-9-17(24-4)18(25-5)10-16(14)23-3/h6-11,20H,1-5H3/b19-11+. The molecular formula is C18H22N2O5S. The molecule has 26 heavy (non-hydrogen) atoms. The third-order valence-corrected chi connectivity index (χ3v) is 5.12. The first kappa shape index (κ1) is 19.6. The van der Waals surface area contributed by atoms with E-state index in [-0.39, 0.29) is 4.90 Å². The fourth-order valence-electron chi connectivity index (χ4n) is 2.25. The van der Waals surface area contributed by atoms with Gasteiger partial charge in [0.2, 0.25) is 0 Å². The highest BCUT2D eigenvalue weighted by molar-refractivity contribution is 7.89. The van der Waals surface area contributed by atoms with E-state index in [4.69, 9.17) is 14.2 Å². The molecule has 140 valence electrons. The number of hydrazone groups is 1. The normalized spacial score (nSPS) is 11.4. The maximum Gasteiger partial charge on any atom is 0.276 e. The van der Waals surface area contributed by atoms with Gasteiger partial charge in [0.15, 0.2) is 11.5 Å². The predicted molar refractivity (Wildman–Crippen MR) is 99.9 cm³/mol. The molecule has 0 unspecified atom stereocenters. The van der Waals surface area contributed by atoms with Crippen molar-refractivity contribution in [1.29, 1.82) is 0 Å². The summed E-state index contributed by atoms with van der Waals surface area (Å²) >= 11 is 0. The molecule has 0 atom stereocenters. The van der Waals surface area contributed by atoms with Crippen LogP contribution in [0.5, 0.6) is 17.2 Å². The molecular weight excluding hydrogens is 356 g/mol. The molecule has 0 spiro atoms. The average Bonchev–Trinajstić information content (AvgIpc) is 2.63. The van der Waals surface area contributed by atoms with Crippen molar-refractivity contribution in [1.82, 2.24) is 4.83 Å². The Hall–Kier alpha value is -2.74. The third-order valence-electron chi connectivity index (χ3n) is 3.90. The van der Waals surface area contributed by atoms with Gasteiger partial charge in [-0.1, -0.05) is 6.07 Å². The van der Waals surface area contributed by atoms with Crippen LogP contribution in [0.2, 0.25) is 0 Å². The minimum Gasteiger partial charge on any atom is -0.496 e. The van der Waals surface area contributed by atoms with Gasteiger partial charge in [0, 0.05) is 11.6 Å². The van der Waals surface area contributed by atoms with Gasteiger partial charge in [-0.05, 0) is 43.2 Å². The molecule has 0 aliphatic carbocycles. The number of hydrogen-bond acceptors (Lipinski definition) is 6. The highest BCUT2D eigenvalue weighted by Crippen LogP contribution is 2.33. The van der Waals surface area contributed by atoms with E-state index in [1.54, 1.807) is 24.3 Å². The van der Waals surface area contributed by atoms with Gasteiger partial charge in [-0.2, -0.15) is 13.5 Å². The molecule has 2 aromatic carbocycles. The number of hydrogen-bond donors (Lipinski definition) is 1. The van der Waals surface area contributed by atoms with Gasteiger partial charge in [0.1, 0.15) is 5.75 Å². The van der Waals surface area contributed by atoms with Crippen LogP contribution in [0.3, 0.4) is 0 Å². The number of rotatable bonds is 7. The maximum absolute atomic E-state index is 12.4. The second kappa shape index (κ2) is 8.09. The number of methoxy groups -OCH3 is 3. The lowest BCUT2D eigenvalue weighted by atomic mass is 10.1. The third kappa shape index (κ3) is 4.26. The van der Waals surface area contributed by atoms with Crippen molar-refractivity contribution in [3.8, 4) is 17.2 Å². The molecule has 0 aliphatic heterocycles. The zero-order valence-corrected chi connectivity index (χ0v) is 16.2. The minimum atomic E-state index is -3.76. The lowest BCUT2D eigenvalue weighted by Gasteiger charge is -2.12. The Kier molecular flexibility index (Phi) is 6.10. The van der Waals surface area contributed by atoms with E-state index in [1.165, 1.54) is 33.6 Å². The number of sulfonamides is 1. The maximum atomic E-state index is 12.4. The van der Waals surface area contributed by atoms with Crippen molar-refractivity contribution < 1.29 is 22.6 Å². The minimum absolute atomic E-state index is 0.150. The van der Waals surface area contributed by atoms with E-state index < -0.39 is 10.0 Å². The van der Waals surface area contributed by atoms with Crippen molar-refractivity contribution >= 4 is 16.2 Å². The zero-order chi connectivity index (χ0) is 19.3. The van der Waals surface area contributed by atoms with Crippen molar-refractivity contribution in [3.63, 3.8) is 0 Å². The molecule has 0 saturated carbocycles. The summed E-state index contributed by atoms with van der Waals surface area (Å²) in [6.07, 6.45) is 1.35. The topological polar surface area (TPSA) is 86.2 Å². The summed E-state index contributed by atoms with van der Waals surface area (Å²) in [5, 5.41) is 3.84. The molecule has 7 nitrogen and oxygen atoms in total.